The van der Waals surface area contributed by atoms with Crippen molar-refractivity contribution < 1.29 is 17.9 Å². The third-order valence-corrected chi connectivity index (χ3v) is 4.66. The number of nitrogens with one attached hydrogen (secondary N) is 1. The van der Waals surface area contributed by atoms with Crippen LogP contribution in [0.25, 0.3) is 0 Å². The van der Waals surface area contributed by atoms with Crippen LogP contribution in [0.1, 0.15) is 23.2 Å². The third-order valence-electron chi connectivity index (χ3n) is 3.33. The van der Waals surface area contributed by atoms with Crippen molar-refractivity contribution in [2.24, 2.45) is 0 Å². The summed E-state index contributed by atoms with van der Waals surface area (Å²) in [6.07, 6.45) is 3.00. The number of carbonyl (C=O) groups excluding carboxylic acids is 1. The minimum atomic E-state index is -3.21. The Hall–Kier alpha value is -1.60. The zero-order chi connectivity index (χ0) is 15.5. The Labute approximate surface area is 125 Å². The maximum atomic E-state index is 12.0. The normalized spacial score (nSPS) is 15.0. The van der Waals surface area contributed by atoms with Crippen molar-refractivity contribution in [3.8, 4) is 5.75 Å². The molecule has 116 valence electrons. The lowest BCUT2D eigenvalue weighted by Gasteiger charge is -2.19. The fourth-order valence-electron chi connectivity index (χ4n) is 2.13. The average Bonchev–Trinajstić information content (AvgIpc) is 3.26. The Morgan fingerprint density at radius 3 is 2.71 bits per heavy atom. The topological polar surface area (TPSA) is 75.7 Å². The summed E-state index contributed by atoms with van der Waals surface area (Å²) in [7, 11) is -1.67. The van der Waals surface area contributed by atoms with E-state index in [1.807, 2.05) is 0 Å². The van der Waals surface area contributed by atoms with E-state index in [0.29, 0.717) is 24.4 Å². The van der Waals surface area contributed by atoms with Gasteiger partial charge in [-0.2, -0.15) is 4.31 Å². The van der Waals surface area contributed by atoms with Crippen molar-refractivity contribution >= 4 is 15.9 Å². The molecule has 1 aromatic carbocycles. The van der Waals surface area contributed by atoms with E-state index in [4.69, 9.17) is 4.74 Å². The van der Waals surface area contributed by atoms with Gasteiger partial charge in [-0.25, -0.2) is 8.42 Å². The van der Waals surface area contributed by atoms with Crippen LogP contribution in [-0.2, 0) is 10.0 Å². The average molecular weight is 312 g/mol. The summed E-state index contributed by atoms with van der Waals surface area (Å²) >= 11 is 0. The Bertz CT molecular complexity index is 611. The third kappa shape index (κ3) is 4.44. The molecule has 1 N–H and O–H groups in total. The number of carbonyl (C=O) groups is 1. The van der Waals surface area contributed by atoms with Crippen LogP contribution in [0.15, 0.2) is 24.3 Å². The van der Waals surface area contributed by atoms with E-state index in [-0.39, 0.29) is 11.9 Å². The molecule has 7 heteroatoms. The molecule has 0 aromatic heterocycles. The van der Waals surface area contributed by atoms with Gasteiger partial charge in [0.05, 0.1) is 13.4 Å². The maximum Gasteiger partial charge on any atom is 0.251 e. The number of nitrogens with zero attached hydrogens (tertiary/aromatic N) is 1. The van der Waals surface area contributed by atoms with E-state index < -0.39 is 10.0 Å². The van der Waals surface area contributed by atoms with Gasteiger partial charge in [0.1, 0.15) is 5.75 Å². The van der Waals surface area contributed by atoms with Gasteiger partial charge >= 0.3 is 0 Å². The molecule has 0 radical (unpaired) electrons. The van der Waals surface area contributed by atoms with E-state index in [1.54, 1.807) is 24.3 Å². The molecule has 6 nitrogen and oxygen atoms in total. The molecule has 1 fully saturated rings. The summed E-state index contributed by atoms with van der Waals surface area (Å²) in [5.74, 6) is 0.372. The van der Waals surface area contributed by atoms with Crippen molar-refractivity contribution in [1.82, 2.24) is 9.62 Å². The van der Waals surface area contributed by atoms with Gasteiger partial charge in [0, 0.05) is 24.7 Å². The fourth-order valence-corrected chi connectivity index (χ4v) is 3.30. The van der Waals surface area contributed by atoms with Gasteiger partial charge in [0.2, 0.25) is 10.0 Å². The number of ether oxygens (including phenoxy) is 1. The minimum Gasteiger partial charge on any atom is -0.497 e. The van der Waals surface area contributed by atoms with Gasteiger partial charge < -0.3 is 10.1 Å². The number of methoxy groups -OCH3 is 1. The molecule has 1 saturated carbocycles. The number of sulfonamides is 1. The maximum absolute atomic E-state index is 12.0. The molecule has 0 atom stereocenters. The van der Waals surface area contributed by atoms with E-state index in [9.17, 15) is 13.2 Å². The molecular formula is C14H20N2O4S. The SMILES string of the molecule is COc1cccc(C(=O)NCCN(C2CC2)S(C)(=O)=O)c1. The van der Waals surface area contributed by atoms with Crippen molar-refractivity contribution in [2.75, 3.05) is 26.5 Å². The van der Waals surface area contributed by atoms with Crippen LogP contribution in [0.4, 0.5) is 0 Å². The van der Waals surface area contributed by atoms with E-state index in [2.05, 4.69) is 5.32 Å². The number of amides is 1. The van der Waals surface area contributed by atoms with Gasteiger partial charge in [-0.1, -0.05) is 6.07 Å². The zero-order valence-corrected chi connectivity index (χ0v) is 13.0. The van der Waals surface area contributed by atoms with Crippen molar-refractivity contribution in [3.05, 3.63) is 29.8 Å². The molecule has 0 heterocycles. The van der Waals surface area contributed by atoms with E-state index in [0.717, 1.165) is 12.8 Å². The highest BCUT2D eigenvalue weighted by Gasteiger charge is 2.34. The lowest BCUT2D eigenvalue weighted by atomic mass is 10.2. The van der Waals surface area contributed by atoms with Crippen LogP contribution >= 0.6 is 0 Å². The highest BCUT2D eigenvalue weighted by atomic mass is 32.2. The van der Waals surface area contributed by atoms with Crippen LogP contribution in [0.3, 0.4) is 0 Å². The summed E-state index contributed by atoms with van der Waals surface area (Å²) < 4.78 is 29.8. The molecule has 2 rings (SSSR count). The first-order valence-electron chi connectivity index (χ1n) is 6.81. The highest BCUT2D eigenvalue weighted by Crippen LogP contribution is 2.28. The van der Waals surface area contributed by atoms with Gasteiger partial charge in [-0.15, -0.1) is 0 Å². The molecular weight excluding hydrogens is 292 g/mol. The van der Waals surface area contributed by atoms with Gasteiger partial charge in [-0.05, 0) is 31.0 Å². The smallest absolute Gasteiger partial charge is 0.251 e. The number of benzene rings is 1. The Balaban J connectivity index is 1.88. The van der Waals surface area contributed by atoms with Crippen molar-refractivity contribution in [3.63, 3.8) is 0 Å². The molecule has 0 spiro atoms. The minimum absolute atomic E-state index is 0.105. The first kappa shape index (κ1) is 15.8. The highest BCUT2D eigenvalue weighted by molar-refractivity contribution is 7.88. The molecule has 1 aromatic rings. The molecule has 0 bridgehead atoms. The molecule has 0 unspecified atom stereocenters. The summed E-state index contributed by atoms with van der Waals surface area (Å²) in [5.41, 5.74) is 0.492. The van der Waals surface area contributed by atoms with Crippen LogP contribution in [-0.4, -0.2) is 51.1 Å². The standard InChI is InChI=1S/C14H20N2O4S/c1-20-13-5-3-4-11(10-13)14(17)15-8-9-16(12-6-7-12)21(2,18)19/h3-5,10,12H,6-9H2,1-2H3,(H,15,17). The molecule has 1 amide bonds. The second kappa shape index (κ2) is 6.44. The Kier molecular flexibility index (Phi) is 4.84. The molecule has 1 aliphatic rings. The summed E-state index contributed by atoms with van der Waals surface area (Å²) in [5, 5.41) is 2.73. The van der Waals surface area contributed by atoms with Crippen LogP contribution in [0.2, 0.25) is 0 Å². The van der Waals surface area contributed by atoms with Crippen molar-refractivity contribution in [1.29, 1.82) is 0 Å². The van der Waals surface area contributed by atoms with Crippen LogP contribution in [0.5, 0.6) is 5.75 Å². The fraction of sp³-hybridized carbons (Fsp3) is 0.500. The van der Waals surface area contributed by atoms with Crippen LogP contribution < -0.4 is 10.1 Å². The largest absolute Gasteiger partial charge is 0.497 e. The van der Waals surface area contributed by atoms with E-state index >= 15 is 0 Å². The number of hydrogen-bond donors (Lipinski definition) is 1. The molecule has 1 aliphatic carbocycles. The van der Waals surface area contributed by atoms with E-state index in [1.165, 1.54) is 17.7 Å². The van der Waals surface area contributed by atoms with Gasteiger partial charge in [0.15, 0.2) is 0 Å². The quantitative estimate of drug-likeness (QED) is 0.810. The van der Waals surface area contributed by atoms with Crippen LogP contribution in [0, 0.1) is 0 Å². The van der Waals surface area contributed by atoms with Gasteiger partial charge in [0.25, 0.3) is 5.91 Å². The lowest BCUT2D eigenvalue weighted by molar-refractivity contribution is 0.0951. The number of rotatable bonds is 7. The van der Waals surface area contributed by atoms with Gasteiger partial charge in [-0.3, -0.25) is 4.79 Å². The monoisotopic (exact) mass is 312 g/mol. The summed E-state index contributed by atoms with van der Waals surface area (Å²) in [6.45, 7) is 0.596. The van der Waals surface area contributed by atoms with Crippen molar-refractivity contribution in [2.45, 2.75) is 18.9 Å². The predicted molar refractivity (Wildman–Crippen MR) is 79.9 cm³/mol. The Morgan fingerprint density at radius 2 is 2.14 bits per heavy atom. The second-order valence-electron chi connectivity index (χ2n) is 5.09. The lowest BCUT2D eigenvalue weighted by Crippen LogP contribution is -2.39. The predicted octanol–water partition coefficient (Wildman–Crippen LogP) is 0.849. The zero-order valence-electron chi connectivity index (χ0n) is 12.2. The Morgan fingerprint density at radius 1 is 1.43 bits per heavy atom. The number of hydrogen-bond acceptors (Lipinski definition) is 4. The molecule has 0 saturated heterocycles. The first-order valence-corrected chi connectivity index (χ1v) is 8.65. The first-order chi connectivity index (χ1) is 9.91. The second-order valence-corrected chi connectivity index (χ2v) is 7.03. The summed E-state index contributed by atoms with van der Waals surface area (Å²) in [6, 6.07) is 6.93. The molecule has 0 aliphatic heterocycles. The molecule has 21 heavy (non-hydrogen) atoms. The summed E-state index contributed by atoms with van der Waals surface area (Å²) in [4.78, 5) is 12.0.